The molecule has 0 N–H and O–H groups in total. The first-order chi connectivity index (χ1) is 24.2. The molecular weight excluding hydrogens is 743 g/mol. The first-order valence-electron chi connectivity index (χ1n) is 14.5. The van der Waals surface area contributed by atoms with Crippen LogP contribution in [0.25, 0.3) is 10.8 Å². The molecule has 51 heavy (non-hydrogen) atoms. The number of aromatic nitrogens is 4. The molecule has 4 rings (SSSR count). The van der Waals surface area contributed by atoms with Crippen molar-refractivity contribution in [2.24, 2.45) is 0 Å². The predicted octanol–water partition coefficient (Wildman–Crippen LogP) is 6.35. The molecule has 0 saturated carbocycles. The Labute approximate surface area is 317 Å². The molecule has 0 amide bonds. The molecule has 0 aliphatic rings. The standard InChI is InChI=1S/4C8H9NO2.2CNS.Ni/c4*1-2-11-8(10)7-3-5-9-6-4-7;2*2-1-3;/h4*3-6H,2H2,1H3;;;/q;;;;2*-1;+2. The number of carbonyl (C=O) groups is 4. The summed E-state index contributed by atoms with van der Waals surface area (Å²) in [5.41, 5.74) is 2.17. The van der Waals surface area contributed by atoms with Crippen LogP contribution in [0.15, 0.2) is 98.1 Å². The number of carbonyl (C=O) groups excluding carboxylic acids is 4. The van der Waals surface area contributed by atoms with Gasteiger partial charge in [0.2, 0.25) is 0 Å². The average Bonchev–Trinajstić information content (AvgIpc) is 3.15. The average molecular weight is 780 g/mol. The van der Waals surface area contributed by atoms with Crippen LogP contribution in [-0.2, 0) is 35.4 Å². The molecule has 4 aromatic heterocycles. The van der Waals surface area contributed by atoms with Crippen molar-refractivity contribution in [3.8, 4) is 0 Å². The van der Waals surface area contributed by atoms with Gasteiger partial charge < -0.3 is 29.8 Å². The molecule has 0 aliphatic heterocycles. The predicted molar refractivity (Wildman–Crippen MR) is 193 cm³/mol. The zero-order valence-corrected chi connectivity index (χ0v) is 30.8. The second kappa shape index (κ2) is 35.9. The van der Waals surface area contributed by atoms with Gasteiger partial charge in [-0.2, -0.15) is 10.3 Å². The Morgan fingerprint density at radius 2 is 0.608 bits per heavy atom. The molecule has 0 saturated heterocycles. The topological polar surface area (TPSA) is 201 Å². The summed E-state index contributed by atoms with van der Waals surface area (Å²) in [4.78, 5) is 59.1. The summed E-state index contributed by atoms with van der Waals surface area (Å²) in [5.74, 6) is -1.19. The van der Waals surface area contributed by atoms with Crippen LogP contribution in [-0.4, -0.2) is 80.6 Å². The fourth-order valence-corrected chi connectivity index (χ4v) is 2.81. The maximum absolute atomic E-state index is 11.0. The van der Waals surface area contributed by atoms with Gasteiger partial charge in [-0.3, -0.25) is 19.9 Å². The van der Waals surface area contributed by atoms with Crippen LogP contribution in [0.4, 0.5) is 0 Å². The minimum atomic E-state index is -0.296. The van der Waals surface area contributed by atoms with Gasteiger partial charge in [0.1, 0.15) is 0 Å². The number of ether oxygens (including phenoxy) is 4. The molecular formula is C34H36N6NiO8S2. The first-order valence-corrected chi connectivity index (χ1v) is 15.3. The van der Waals surface area contributed by atoms with E-state index in [1.54, 1.807) is 126 Å². The number of rotatable bonds is 8. The molecule has 0 bridgehead atoms. The summed E-state index contributed by atoms with van der Waals surface area (Å²) in [5, 5.41) is 16.9. The number of thiocarbonyl (C=S) groups is 2. The SMILES string of the molecule is CCOC(=O)c1ccncc1.CCOC(=O)c1ccncc1.CCOC(=O)c1ccncc1.CCOC(=O)c1ccncc1.[N-]=C=S.[N-]=C=S.[Ni+2]. The summed E-state index contributed by atoms with van der Waals surface area (Å²) < 4.78 is 19.0. The molecule has 14 nitrogen and oxygen atoms in total. The molecule has 272 valence electrons. The van der Waals surface area contributed by atoms with Crippen molar-refractivity contribution in [3.63, 3.8) is 0 Å². The van der Waals surface area contributed by atoms with Crippen molar-refractivity contribution < 1.29 is 54.6 Å². The summed E-state index contributed by atoms with van der Waals surface area (Å²) in [7, 11) is 0. The van der Waals surface area contributed by atoms with Crippen molar-refractivity contribution in [2.75, 3.05) is 26.4 Å². The summed E-state index contributed by atoms with van der Waals surface area (Å²) in [6.45, 7) is 8.72. The van der Waals surface area contributed by atoms with Crippen molar-refractivity contribution in [1.82, 2.24) is 19.9 Å². The fraction of sp³-hybridized carbons (Fsp3) is 0.235. The molecule has 0 radical (unpaired) electrons. The van der Waals surface area contributed by atoms with E-state index >= 15 is 0 Å². The zero-order chi connectivity index (χ0) is 37.8. The number of pyridine rings is 4. The molecule has 4 aromatic rings. The van der Waals surface area contributed by atoms with E-state index in [0.29, 0.717) is 48.7 Å². The minimum absolute atomic E-state index is 0. The van der Waals surface area contributed by atoms with E-state index in [-0.39, 0.29) is 40.4 Å². The fourth-order valence-electron chi connectivity index (χ4n) is 2.81. The van der Waals surface area contributed by atoms with Gasteiger partial charge in [0.25, 0.3) is 0 Å². The van der Waals surface area contributed by atoms with E-state index in [2.05, 4.69) is 44.4 Å². The van der Waals surface area contributed by atoms with Gasteiger partial charge in [0.05, 0.1) is 48.7 Å². The number of esters is 4. The van der Waals surface area contributed by atoms with E-state index in [1.165, 1.54) is 10.3 Å². The third-order valence-electron chi connectivity index (χ3n) is 4.77. The molecule has 17 heteroatoms. The van der Waals surface area contributed by atoms with E-state index in [4.69, 9.17) is 29.8 Å². The van der Waals surface area contributed by atoms with E-state index in [1.807, 2.05) is 0 Å². The van der Waals surface area contributed by atoms with E-state index in [0.717, 1.165) is 0 Å². The largest absolute Gasteiger partial charge is 2.00 e. The Bertz CT molecular complexity index is 1340. The summed E-state index contributed by atoms with van der Waals surface area (Å²) >= 11 is 7.40. The van der Waals surface area contributed by atoms with E-state index < -0.39 is 0 Å². The van der Waals surface area contributed by atoms with Gasteiger partial charge in [0, 0.05) is 49.6 Å². The van der Waals surface area contributed by atoms with Crippen molar-refractivity contribution in [1.29, 1.82) is 0 Å². The number of hydrogen-bond donors (Lipinski definition) is 0. The van der Waals surface area contributed by atoms with Gasteiger partial charge in [-0.05, 0) is 76.2 Å². The van der Waals surface area contributed by atoms with Gasteiger partial charge >= 0.3 is 40.4 Å². The number of nitrogens with zero attached hydrogens (tertiary/aromatic N) is 6. The number of hydrogen-bond acceptors (Lipinski definition) is 14. The number of isothiocyanates is 2. The molecule has 0 aromatic carbocycles. The van der Waals surface area contributed by atoms with Crippen LogP contribution in [0.1, 0.15) is 69.1 Å². The van der Waals surface area contributed by atoms with Gasteiger partial charge in [-0.15, -0.1) is 0 Å². The summed E-state index contributed by atoms with van der Waals surface area (Å²) in [6, 6.07) is 13.0. The maximum atomic E-state index is 11.0. The maximum Gasteiger partial charge on any atom is 2.00 e. The van der Waals surface area contributed by atoms with Crippen LogP contribution < -0.4 is 0 Å². The molecule has 0 spiro atoms. The van der Waals surface area contributed by atoms with Gasteiger partial charge in [0.15, 0.2) is 0 Å². The van der Waals surface area contributed by atoms with Crippen LogP contribution >= 0.6 is 24.4 Å². The van der Waals surface area contributed by atoms with Crippen molar-refractivity contribution >= 4 is 58.6 Å². The van der Waals surface area contributed by atoms with Crippen molar-refractivity contribution in [3.05, 3.63) is 131 Å². The van der Waals surface area contributed by atoms with E-state index in [9.17, 15) is 19.2 Å². The molecule has 0 fully saturated rings. The van der Waals surface area contributed by atoms with Crippen LogP contribution in [0, 0.1) is 0 Å². The normalized spacial score (nSPS) is 8.24. The Kier molecular flexibility index (Phi) is 35.1. The Morgan fingerprint density at radius 1 is 0.471 bits per heavy atom. The summed E-state index contributed by atoms with van der Waals surface area (Å²) in [6.07, 6.45) is 12.5. The second-order valence-electron chi connectivity index (χ2n) is 8.01. The Morgan fingerprint density at radius 3 is 0.725 bits per heavy atom. The first kappa shape index (κ1) is 50.0. The second-order valence-corrected chi connectivity index (χ2v) is 8.37. The third-order valence-corrected chi connectivity index (χ3v) is 4.77. The molecule has 0 unspecified atom stereocenters. The molecule has 0 aliphatic carbocycles. The monoisotopic (exact) mass is 778 g/mol. The quantitative estimate of drug-likeness (QED) is 0.0630. The molecule has 4 heterocycles. The van der Waals surface area contributed by atoms with Gasteiger partial charge in [-0.1, -0.05) is 24.4 Å². The van der Waals surface area contributed by atoms with Crippen LogP contribution in [0.5, 0.6) is 0 Å². The molecule has 0 atom stereocenters. The zero-order valence-electron chi connectivity index (χ0n) is 28.1. The van der Waals surface area contributed by atoms with Gasteiger partial charge in [-0.25, -0.2) is 19.2 Å². The Hall–Kier alpha value is -5.43. The minimum Gasteiger partial charge on any atom is -0.753 e. The smallest absolute Gasteiger partial charge is 0.753 e. The van der Waals surface area contributed by atoms with Crippen LogP contribution in [0.2, 0.25) is 0 Å². The third kappa shape index (κ3) is 27.1. The Balaban J connectivity index is -0.000000568. The van der Waals surface area contributed by atoms with Crippen LogP contribution in [0.3, 0.4) is 0 Å². The van der Waals surface area contributed by atoms with Crippen molar-refractivity contribution in [2.45, 2.75) is 27.7 Å².